The van der Waals surface area contributed by atoms with Gasteiger partial charge in [-0.15, -0.1) is 0 Å². The number of amides is 1. The van der Waals surface area contributed by atoms with Gasteiger partial charge in [-0.1, -0.05) is 0 Å². The van der Waals surface area contributed by atoms with Gasteiger partial charge in [0.05, 0.1) is 11.4 Å². The van der Waals surface area contributed by atoms with E-state index in [2.05, 4.69) is 4.98 Å². The summed E-state index contributed by atoms with van der Waals surface area (Å²) in [5.41, 5.74) is 5.89. The fourth-order valence-electron chi connectivity index (χ4n) is 1.80. The van der Waals surface area contributed by atoms with Crippen LogP contribution in [0.15, 0.2) is 23.9 Å². The van der Waals surface area contributed by atoms with Crippen LogP contribution >= 0.6 is 0 Å². The lowest BCUT2D eigenvalue weighted by atomic mass is 10.1. The number of rotatable bonds is 2. The SMILES string of the molecule is NC(=O)C1=Cc2ncccc2N(CC(F)(F)F)C1. The molecule has 0 unspecified atom stereocenters. The lowest BCUT2D eigenvalue weighted by molar-refractivity contribution is -0.120. The van der Waals surface area contributed by atoms with Crippen LogP contribution in [-0.2, 0) is 4.79 Å². The number of nitrogens with two attached hydrogens (primary N) is 1. The maximum absolute atomic E-state index is 12.5. The van der Waals surface area contributed by atoms with E-state index in [0.29, 0.717) is 11.4 Å². The molecule has 0 fully saturated rings. The van der Waals surface area contributed by atoms with Crippen LogP contribution in [0.4, 0.5) is 18.9 Å². The highest BCUT2D eigenvalue weighted by Crippen LogP contribution is 2.29. The van der Waals surface area contributed by atoms with Crippen molar-refractivity contribution in [2.75, 3.05) is 18.0 Å². The lowest BCUT2D eigenvalue weighted by Gasteiger charge is -2.30. The van der Waals surface area contributed by atoms with Crippen LogP contribution in [0.3, 0.4) is 0 Å². The maximum atomic E-state index is 12.5. The molecule has 2 heterocycles. The Morgan fingerprint density at radius 2 is 2.22 bits per heavy atom. The van der Waals surface area contributed by atoms with Crippen molar-refractivity contribution in [2.24, 2.45) is 5.73 Å². The van der Waals surface area contributed by atoms with Crippen molar-refractivity contribution in [3.8, 4) is 0 Å². The first kappa shape index (κ1) is 12.4. The number of nitrogens with zero attached hydrogens (tertiary/aromatic N) is 2. The second-order valence-corrected chi connectivity index (χ2v) is 3.91. The van der Waals surface area contributed by atoms with E-state index in [9.17, 15) is 18.0 Å². The van der Waals surface area contributed by atoms with Crippen LogP contribution in [0.25, 0.3) is 6.08 Å². The van der Waals surface area contributed by atoms with Gasteiger partial charge in [-0.25, -0.2) is 0 Å². The molecule has 1 aromatic rings. The van der Waals surface area contributed by atoms with E-state index in [1.54, 1.807) is 6.07 Å². The smallest absolute Gasteiger partial charge is 0.366 e. The number of aromatic nitrogens is 1. The molecule has 1 aromatic heterocycles. The van der Waals surface area contributed by atoms with Crippen molar-refractivity contribution in [1.82, 2.24) is 4.98 Å². The van der Waals surface area contributed by atoms with E-state index < -0.39 is 18.6 Å². The Balaban J connectivity index is 2.39. The fraction of sp³-hybridized carbons (Fsp3) is 0.273. The molecule has 2 N–H and O–H groups in total. The normalized spacial score (nSPS) is 15.1. The van der Waals surface area contributed by atoms with E-state index in [1.165, 1.54) is 18.3 Å². The van der Waals surface area contributed by atoms with Gasteiger partial charge in [0.2, 0.25) is 5.91 Å². The molecular weight excluding hydrogens is 247 g/mol. The monoisotopic (exact) mass is 257 g/mol. The van der Waals surface area contributed by atoms with Crippen LogP contribution in [0, 0.1) is 0 Å². The van der Waals surface area contributed by atoms with Gasteiger partial charge in [0, 0.05) is 18.3 Å². The summed E-state index contributed by atoms with van der Waals surface area (Å²) in [5.74, 6) is -0.738. The third kappa shape index (κ3) is 2.61. The summed E-state index contributed by atoms with van der Waals surface area (Å²) >= 11 is 0. The van der Waals surface area contributed by atoms with Crippen molar-refractivity contribution < 1.29 is 18.0 Å². The number of pyridine rings is 1. The van der Waals surface area contributed by atoms with Gasteiger partial charge in [0.25, 0.3) is 0 Å². The Hall–Kier alpha value is -2.05. The number of carbonyl (C=O) groups excluding carboxylic acids is 1. The Morgan fingerprint density at radius 1 is 1.50 bits per heavy atom. The van der Waals surface area contributed by atoms with Crippen molar-refractivity contribution in [3.63, 3.8) is 0 Å². The summed E-state index contributed by atoms with van der Waals surface area (Å²) in [5, 5.41) is 0. The van der Waals surface area contributed by atoms with Gasteiger partial charge in [-0.3, -0.25) is 9.78 Å². The first-order valence-electron chi connectivity index (χ1n) is 5.14. The minimum absolute atomic E-state index is 0.116. The summed E-state index contributed by atoms with van der Waals surface area (Å²) in [6.07, 6.45) is -1.48. The van der Waals surface area contributed by atoms with E-state index in [1.807, 2.05) is 0 Å². The summed E-state index contributed by atoms with van der Waals surface area (Å²) in [4.78, 5) is 16.1. The fourth-order valence-corrected chi connectivity index (χ4v) is 1.80. The van der Waals surface area contributed by atoms with Crippen molar-refractivity contribution in [1.29, 1.82) is 0 Å². The summed E-state index contributed by atoms with van der Waals surface area (Å²) < 4.78 is 37.4. The number of hydrogen-bond acceptors (Lipinski definition) is 3. The molecule has 0 atom stereocenters. The molecule has 7 heteroatoms. The molecule has 4 nitrogen and oxygen atoms in total. The average molecular weight is 257 g/mol. The second-order valence-electron chi connectivity index (χ2n) is 3.91. The van der Waals surface area contributed by atoms with Gasteiger partial charge in [0.1, 0.15) is 6.54 Å². The molecule has 0 bridgehead atoms. The molecule has 1 aliphatic rings. The van der Waals surface area contributed by atoms with Gasteiger partial charge in [0.15, 0.2) is 0 Å². The predicted octanol–water partition coefficient (Wildman–Crippen LogP) is 1.33. The van der Waals surface area contributed by atoms with Gasteiger partial charge in [-0.05, 0) is 18.2 Å². The van der Waals surface area contributed by atoms with Crippen LogP contribution < -0.4 is 10.6 Å². The highest BCUT2D eigenvalue weighted by Gasteiger charge is 2.33. The van der Waals surface area contributed by atoms with Gasteiger partial charge >= 0.3 is 6.18 Å². The zero-order valence-corrected chi connectivity index (χ0v) is 9.24. The predicted molar refractivity (Wildman–Crippen MR) is 59.7 cm³/mol. The number of fused-ring (bicyclic) bond motifs is 1. The van der Waals surface area contributed by atoms with E-state index in [4.69, 9.17) is 5.73 Å². The van der Waals surface area contributed by atoms with E-state index >= 15 is 0 Å². The highest BCUT2D eigenvalue weighted by atomic mass is 19.4. The maximum Gasteiger partial charge on any atom is 0.405 e. The second kappa shape index (κ2) is 4.32. The molecule has 0 saturated carbocycles. The average Bonchev–Trinajstić information content (AvgIpc) is 2.26. The number of anilines is 1. The van der Waals surface area contributed by atoms with Crippen LogP contribution in [0.2, 0.25) is 0 Å². The zero-order chi connectivity index (χ0) is 13.3. The van der Waals surface area contributed by atoms with Gasteiger partial charge in [-0.2, -0.15) is 13.2 Å². The minimum Gasteiger partial charge on any atom is -0.366 e. The molecule has 0 aromatic carbocycles. The first-order chi connectivity index (χ1) is 8.37. The number of alkyl halides is 3. The quantitative estimate of drug-likeness (QED) is 0.869. The Kier molecular flexibility index (Phi) is 2.98. The van der Waals surface area contributed by atoms with Crippen LogP contribution in [0.5, 0.6) is 0 Å². The Bertz CT molecular complexity index is 511. The zero-order valence-electron chi connectivity index (χ0n) is 9.24. The minimum atomic E-state index is -4.35. The number of halogens is 3. The topological polar surface area (TPSA) is 59.2 Å². The molecule has 0 radical (unpaired) electrons. The molecule has 1 amide bonds. The Labute approximate surface area is 101 Å². The molecule has 18 heavy (non-hydrogen) atoms. The Morgan fingerprint density at radius 3 is 2.83 bits per heavy atom. The number of carbonyl (C=O) groups is 1. The molecule has 0 aliphatic carbocycles. The number of primary amides is 1. The molecule has 2 rings (SSSR count). The van der Waals surface area contributed by atoms with Crippen molar-refractivity contribution >= 4 is 17.7 Å². The largest absolute Gasteiger partial charge is 0.405 e. The number of hydrogen-bond donors (Lipinski definition) is 1. The van der Waals surface area contributed by atoms with E-state index in [-0.39, 0.29) is 12.1 Å². The van der Waals surface area contributed by atoms with Gasteiger partial charge < -0.3 is 10.6 Å². The molecule has 96 valence electrons. The third-order valence-corrected chi connectivity index (χ3v) is 2.52. The standard InChI is InChI=1S/C11H10F3N3O/c12-11(13,14)6-17-5-7(10(15)18)4-8-9(17)2-1-3-16-8/h1-4H,5-6H2,(H2,15,18). The first-order valence-corrected chi connectivity index (χ1v) is 5.14. The lowest BCUT2D eigenvalue weighted by Crippen LogP contribution is -2.39. The van der Waals surface area contributed by atoms with Crippen LogP contribution in [0.1, 0.15) is 5.69 Å². The highest BCUT2D eigenvalue weighted by molar-refractivity contribution is 5.99. The molecular formula is C11H10F3N3O. The summed E-state index contributed by atoms with van der Waals surface area (Å²) in [7, 11) is 0. The van der Waals surface area contributed by atoms with Crippen LogP contribution in [-0.4, -0.2) is 30.2 Å². The summed E-state index contributed by atoms with van der Waals surface area (Å²) in [6, 6.07) is 3.08. The van der Waals surface area contributed by atoms with Crippen molar-refractivity contribution in [3.05, 3.63) is 29.6 Å². The van der Waals surface area contributed by atoms with E-state index in [0.717, 1.165) is 4.90 Å². The molecule has 1 aliphatic heterocycles. The van der Waals surface area contributed by atoms with Crippen molar-refractivity contribution in [2.45, 2.75) is 6.18 Å². The molecule has 0 saturated heterocycles. The third-order valence-electron chi connectivity index (χ3n) is 2.52. The summed E-state index contributed by atoms with van der Waals surface area (Å²) in [6.45, 7) is -1.30. The molecule has 0 spiro atoms.